The van der Waals surface area contributed by atoms with Crippen LogP contribution in [-0.4, -0.2) is 9.97 Å². The zero-order valence-corrected chi connectivity index (χ0v) is 26.9. The molecule has 0 atom stereocenters. The SMILES string of the molecule is c1ccc(-c2ccc(-c3ccccc3-c3nc(-c4cccc5c4oc4ccccc45)cc(-c4cccc5c4oc4ccccc45)n3)cc2)cc1. The molecule has 0 radical (unpaired) electrons. The number of benzene rings is 7. The van der Waals surface area contributed by atoms with E-state index in [0.717, 1.165) is 83.1 Å². The Balaban J connectivity index is 1.20. The molecule has 0 unspecified atom stereocenters. The monoisotopic (exact) mass is 640 g/mol. The maximum atomic E-state index is 6.50. The average molecular weight is 641 g/mol. The molecule has 0 saturated carbocycles. The van der Waals surface area contributed by atoms with Crippen molar-refractivity contribution in [2.75, 3.05) is 0 Å². The number of aromatic nitrogens is 2. The lowest BCUT2D eigenvalue weighted by molar-refractivity contribution is 0.669. The van der Waals surface area contributed by atoms with Gasteiger partial charge < -0.3 is 8.83 Å². The molecule has 4 heteroatoms. The van der Waals surface area contributed by atoms with Crippen LogP contribution >= 0.6 is 0 Å². The molecule has 0 bridgehead atoms. The Morgan fingerprint density at radius 2 is 0.760 bits per heavy atom. The first-order valence-corrected chi connectivity index (χ1v) is 16.7. The Morgan fingerprint density at radius 1 is 0.320 bits per heavy atom. The van der Waals surface area contributed by atoms with E-state index in [1.807, 2.05) is 48.5 Å². The Kier molecular flexibility index (Phi) is 6.46. The highest BCUT2D eigenvalue weighted by atomic mass is 16.3. The predicted octanol–water partition coefficient (Wildman–Crippen LogP) is 12.6. The third kappa shape index (κ3) is 4.61. The fourth-order valence-corrected chi connectivity index (χ4v) is 7.14. The highest BCUT2D eigenvalue weighted by molar-refractivity contribution is 6.11. The van der Waals surface area contributed by atoms with Gasteiger partial charge in [-0.05, 0) is 52.6 Å². The van der Waals surface area contributed by atoms with Crippen LogP contribution in [0.3, 0.4) is 0 Å². The molecule has 0 amide bonds. The normalized spacial score (nSPS) is 11.6. The summed E-state index contributed by atoms with van der Waals surface area (Å²) in [5, 5.41) is 4.27. The summed E-state index contributed by atoms with van der Waals surface area (Å²) in [5.41, 5.74) is 12.1. The van der Waals surface area contributed by atoms with Gasteiger partial charge in [0.1, 0.15) is 22.3 Å². The van der Waals surface area contributed by atoms with Crippen molar-refractivity contribution in [2.24, 2.45) is 0 Å². The molecule has 10 rings (SSSR count). The molecule has 0 aliphatic rings. The number of hydrogen-bond donors (Lipinski definition) is 0. The van der Waals surface area contributed by atoms with Gasteiger partial charge in [0.05, 0.1) is 11.4 Å². The average Bonchev–Trinajstić information content (AvgIpc) is 3.77. The van der Waals surface area contributed by atoms with Crippen LogP contribution in [0, 0.1) is 0 Å². The number of para-hydroxylation sites is 4. The molecule has 3 aromatic heterocycles. The fourth-order valence-electron chi connectivity index (χ4n) is 7.14. The van der Waals surface area contributed by atoms with Crippen LogP contribution in [0.1, 0.15) is 0 Å². The van der Waals surface area contributed by atoms with Crippen molar-refractivity contribution in [1.82, 2.24) is 9.97 Å². The predicted molar refractivity (Wildman–Crippen MR) is 204 cm³/mol. The molecule has 0 spiro atoms. The smallest absolute Gasteiger partial charge is 0.161 e. The van der Waals surface area contributed by atoms with E-state index in [-0.39, 0.29) is 0 Å². The van der Waals surface area contributed by atoms with Crippen molar-refractivity contribution in [1.29, 1.82) is 0 Å². The maximum Gasteiger partial charge on any atom is 0.161 e. The molecule has 4 nitrogen and oxygen atoms in total. The van der Waals surface area contributed by atoms with Gasteiger partial charge >= 0.3 is 0 Å². The molecule has 3 heterocycles. The van der Waals surface area contributed by atoms with Crippen molar-refractivity contribution in [3.8, 4) is 56.2 Å². The highest BCUT2D eigenvalue weighted by Crippen LogP contribution is 2.41. The number of fused-ring (bicyclic) bond motifs is 6. The highest BCUT2D eigenvalue weighted by Gasteiger charge is 2.20. The van der Waals surface area contributed by atoms with E-state index in [1.165, 1.54) is 11.1 Å². The third-order valence-corrected chi connectivity index (χ3v) is 9.56. The van der Waals surface area contributed by atoms with Crippen LogP contribution < -0.4 is 0 Å². The zero-order chi connectivity index (χ0) is 33.0. The first-order valence-electron chi connectivity index (χ1n) is 16.7. The summed E-state index contributed by atoms with van der Waals surface area (Å²) in [6, 6.07) is 58.4. The second-order valence-corrected chi connectivity index (χ2v) is 12.5. The molecule has 234 valence electrons. The van der Waals surface area contributed by atoms with Gasteiger partial charge in [0.15, 0.2) is 5.82 Å². The minimum Gasteiger partial charge on any atom is -0.455 e. The van der Waals surface area contributed by atoms with Crippen molar-refractivity contribution in [3.05, 3.63) is 170 Å². The summed E-state index contributed by atoms with van der Waals surface area (Å²) in [5.74, 6) is 0.626. The van der Waals surface area contributed by atoms with Gasteiger partial charge in [0, 0.05) is 38.2 Å². The lowest BCUT2D eigenvalue weighted by Gasteiger charge is -2.13. The molecule has 0 N–H and O–H groups in total. The standard InChI is InChI=1S/C46H28N2O2/c1-2-12-29(13-3-1)30-24-26-31(27-25-30)32-14-4-5-17-37(32)46-47-40(38-20-10-18-35-33-15-6-8-22-42(33)49-44(35)38)28-41(48-46)39-21-11-19-36-34-16-7-9-23-43(34)50-45(36)39/h1-28H. The van der Waals surface area contributed by atoms with E-state index < -0.39 is 0 Å². The van der Waals surface area contributed by atoms with Crippen LogP contribution in [0.15, 0.2) is 179 Å². The molecule has 0 fully saturated rings. The molecule has 10 aromatic rings. The summed E-state index contributed by atoms with van der Waals surface area (Å²) in [6.07, 6.45) is 0. The van der Waals surface area contributed by atoms with Gasteiger partial charge in [-0.3, -0.25) is 0 Å². The number of rotatable bonds is 5. The summed E-state index contributed by atoms with van der Waals surface area (Å²) in [4.78, 5) is 10.6. The molecule has 0 saturated heterocycles. The van der Waals surface area contributed by atoms with Crippen LogP contribution in [0.4, 0.5) is 0 Å². The third-order valence-electron chi connectivity index (χ3n) is 9.56. The Morgan fingerprint density at radius 3 is 1.36 bits per heavy atom. The summed E-state index contributed by atoms with van der Waals surface area (Å²) < 4.78 is 13.0. The fraction of sp³-hybridized carbons (Fsp3) is 0. The molecular formula is C46H28N2O2. The van der Waals surface area contributed by atoms with E-state index in [0.29, 0.717) is 5.82 Å². The van der Waals surface area contributed by atoms with E-state index in [2.05, 4.69) is 121 Å². The van der Waals surface area contributed by atoms with Gasteiger partial charge in [-0.2, -0.15) is 0 Å². The summed E-state index contributed by atoms with van der Waals surface area (Å²) in [6.45, 7) is 0. The minimum absolute atomic E-state index is 0.626. The molecular weight excluding hydrogens is 613 g/mol. The lowest BCUT2D eigenvalue weighted by Crippen LogP contribution is -1.98. The summed E-state index contributed by atoms with van der Waals surface area (Å²) in [7, 11) is 0. The largest absolute Gasteiger partial charge is 0.455 e. The summed E-state index contributed by atoms with van der Waals surface area (Å²) >= 11 is 0. The molecule has 7 aromatic carbocycles. The van der Waals surface area contributed by atoms with Gasteiger partial charge in [0.2, 0.25) is 0 Å². The van der Waals surface area contributed by atoms with E-state index in [1.54, 1.807) is 0 Å². The van der Waals surface area contributed by atoms with Crippen molar-refractivity contribution in [2.45, 2.75) is 0 Å². The first-order chi connectivity index (χ1) is 24.8. The van der Waals surface area contributed by atoms with E-state index in [4.69, 9.17) is 18.8 Å². The van der Waals surface area contributed by atoms with Gasteiger partial charge in [0.25, 0.3) is 0 Å². The number of hydrogen-bond acceptors (Lipinski definition) is 4. The lowest BCUT2D eigenvalue weighted by atomic mass is 9.96. The number of furan rings is 2. The van der Waals surface area contributed by atoms with Crippen LogP contribution in [0.25, 0.3) is 100 Å². The van der Waals surface area contributed by atoms with Crippen molar-refractivity contribution in [3.63, 3.8) is 0 Å². The van der Waals surface area contributed by atoms with Crippen LogP contribution in [0.2, 0.25) is 0 Å². The van der Waals surface area contributed by atoms with Crippen molar-refractivity contribution >= 4 is 43.9 Å². The van der Waals surface area contributed by atoms with Crippen LogP contribution in [0.5, 0.6) is 0 Å². The Hall–Kier alpha value is -6.78. The van der Waals surface area contributed by atoms with Gasteiger partial charge in [-0.25, -0.2) is 9.97 Å². The Bertz CT molecular complexity index is 2730. The second kappa shape index (κ2) is 11.4. The van der Waals surface area contributed by atoms with Gasteiger partial charge in [-0.1, -0.05) is 140 Å². The molecule has 0 aliphatic heterocycles. The molecule has 0 aliphatic carbocycles. The maximum absolute atomic E-state index is 6.50. The molecule has 50 heavy (non-hydrogen) atoms. The van der Waals surface area contributed by atoms with Crippen molar-refractivity contribution < 1.29 is 8.83 Å². The zero-order valence-electron chi connectivity index (χ0n) is 26.9. The van der Waals surface area contributed by atoms with E-state index in [9.17, 15) is 0 Å². The topological polar surface area (TPSA) is 52.1 Å². The minimum atomic E-state index is 0.626. The second-order valence-electron chi connectivity index (χ2n) is 12.5. The quantitative estimate of drug-likeness (QED) is 0.188. The van der Waals surface area contributed by atoms with Crippen LogP contribution in [-0.2, 0) is 0 Å². The Labute approximate surface area is 287 Å². The van der Waals surface area contributed by atoms with E-state index >= 15 is 0 Å². The number of nitrogens with zero attached hydrogens (tertiary/aromatic N) is 2. The first kappa shape index (κ1) is 28.3. The van der Waals surface area contributed by atoms with Gasteiger partial charge in [-0.15, -0.1) is 0 Å².